The van der Waals surface area contributed by atoms with Gasteiger partial charge < -0.3 is 9.80 Å². The molecule has 3 heterocycles. The Morgan fingerprint density at radius 2 is 1.94 bits per heavy atom. The van der Waals surface area contributed by atoms with Crippen molar-refractivity contribution in [1.29, 1.82) is 0 Å². The molecule has 2 aromatic heterocycles. The number of aromatic nitrogens is 2. The molecule has 0 spiro atoms. The number of hydrogen-bond donors (Lipinski definition) is 0. The van der Waals surface area contributed by atoms with E-state index in [-0.39, 0.29) is 17.9 Å². The van der Waals surface area contributed by atoms with Crippen molar-refractivity contribution in [1.82, 2.24) is 19.8 Å². The first kappa shape index (κ1) is 19.7. The van der Waals surface area contributed by atoms with E-state index in [0.29, 0.717) is 23.8 Å². The molecule has 6 nitrogen and oxygen atoms in total. The summed E-state index contributed by atoms with van der Waals surface area (Å²) in [4.78, 5) is 38.5. The molecule has 2 aliphatic rings. The fraction of sp³-hybridized carbons (Fsp3) is 0.360. The van der Waals surface area contributed by atoms with Gasteiger partial charge in [0.25, 0.3) is 5.91 Å². The van der Waals surface area contributed by atoms with Crippen molar-refractivity contribution in [3.05, 3.63) is 60.4 Å². The molecule has 0 N–H and O–H groups in total. The van der Waals surface area contributed by atoms with Gasteiger partial charge in [0.05, 0.1) is 16.8 Å². The Balaban J connectivity index is 1.47. The van der Waals surface area contributed by atoms with Crippen molar-refractivity contribution >= 4 is 22.7 Å². The van der Waals surface area contributed by atoms with Gasteiger partial charge in [-0.1, -0.05) is 18.2 Å². The standard InChI is InChI=1S/C25H26N4O2/c1-28-15-18-11-19(10-17(18)12-24(28)30)29(2)25(31)21-13-23(16-6-5-9-26-14-16)27-22-8-4-3-7-20(21)22/h3-9,13-14,17-19H,10-12,15H2,1-2H3/t17-,18+,19-/m1/s1. The number of likely N-dealkylation sites (tertiary alicyclic amines) is 1. The zero-order valence-corrected chi connectivity index (χ0v) is 17.9. The molecule has 0 unspecified atom stereocenters. The summed E-state index contributed by atoms with van der Waals surface area (Å²) >= 11 is 0. The predicted octanol–water partition coefficient (Wildman–Crippen LogP) is 3.63. The van der Waals surface area contributed by atoms with Crippen LogP contribution < -0.4 is 0 Å². The number of benzene rings is 1. The van der Waals surface area contributed by atoms with Gasteiger partial charge in [-0.15, -0.1) is 0 Å². The minimum absolute atomic E-state index is 0.00654. The second kappa shape index (κ2) is 7.76. The molecule has 6 heteroatoms. The maximum absolute atomic E-state index is 13.7. The third kappa shape index (κ3) is 3.56. The molecule has 3 atom stereocenters. The van der Waals surface area contributed by atoms with Crippen LogP contribution in [0.5, 0.6) is 0 Å². The lowest BCUT2D eigenvalue weighted by Crippen LogP contribution is -2.40. The topological polar surface area (TPSA) is 66.4 Å². The van der Waals surface area contributed by atoms with Crippen molar-refractivity contribution in [3.8, 4) is 11.3 Å². The van der Waals surface area contributed by atoms with Crippen LogP contribution in [-0.4, -0.2) is 58.3 Å². The second-order valence-corrected chi connectivity index (χ2v) is 8.85. The molecule has 1 aliphatic carbocycles. The largest absolute Gasteiger partial charge is 0.345 e. The SMILES string of the molecule is CN1C[C@@H]2C[C@H](N(C)C(=O)c3cc(-c4cccnc4)nc4ccccc34)C[C@@H]2CC1=O. The van der Waals surface area contributed by atoms with Crippen LogP contribution in [0.15, 0.2) is 54.9 Å². The first-order valence-electron chi connectivity index (χ1n) is 10.8. The number of carbonyl (C=O) groups is 2. The van der Waals surface area contributed by atoms with E-state index in [2.05, 4.69) is 4.98 Å². The minimum Gasteiger partial charge on any atom is -0.345 e. The van der Waals surface area contributed by atoms with E-state index in [9.17, 15) is 9.59 Å². The van der Waals surface area contributed by atoms with Gasteiger partial charge in [-0.25, -0.2) is 4.98 Å². The first-order valence-corrected chi connectivity index (χ1v) is 10.8. The van der Waals surface area contributed by atoms with E-state index >= 15 is 0 Å². The van der Waals surface area contributed by atoms with Gasteiger partial charge in [-0.3, -0.25) is 14.6 Å². The van der Waals surface area contributed by atoms with Crippen LogP contribution in [0.25, 0.3) is 22.2 Å². The fourth-order valence-corrected chi connectivity index (χ4v) is 5.17. The van der Waals surface area contributed by atoms with E-state index in [1.54, 1.807) is 12.4 Å². The van der Waals surface area contributed by atoms with Gasteiger partial charge in [0.15, 0.2) is 0 Å². The third-order valence-electron chi connectivity index (χ3n) is 6.96. The second-order valence-electron chi connectivity index (χ2n) is 8.85. The van der Waals surface area contributed by atoms with Crippen molar-refractivity contribution in [2.45, 2.75) is 25.3 Å². The number of carbonyl (C=O) groups excluding carboxylic acids is 2. The Morgan fingerprint density at radius 1 is 1.13 bits per heavy atom. The molecule has 3 aromatic rings. The van der Waals surface area contributed by atoms with Gasteiger partial charge >= 0.3 is 0 Å². The quantitative estimate of drug-likeness (QED) is 0.657. The van der Waals surface area contributed by atoms with Crippen LogP contribution in [0.1, 0.15) is 29.6 Å². The highest BCUT2D eigenvalue weighted by atomic mass is 16.2. The number of pyridine rings is 2. The van der Waals surface area contributed by atoms with Crippen LogP contribution in [0.4, 0.5) is 0 Å². The molecule has 1 saturated carbocycles. The number of para-hydroxylation sites is 1. The predicted molar refractivity (Wildman–Crippen MR) is 119 cm³/mol. The van der Waals surface area contributed by atoms with Gasteiger partial charge in [-0.2, -0.15) is 0 Å². The Morgan fingerprint density at radius 3 is 2.74 bits per heavy atom. The molecule has 2 fully saturated rings. The fourth-order valence-electron chi connectivity index (χ4n) is 5.17. The normalized spacial score (nSPS) is 23.1. The van der Waals surface area contributed by atoms with Gasteiger partial charge in [0.2, 0.25) is 5.91 Å². The van der Waals surface area contributed by atoms with Crippen LogP contribution in [-0.2, 0) is 4.79 Å². The number of nitrogens with zero attached hydrogens (tertiary/aromatic N) is 4. The highest BCUT2D eigenvalue weighted by Crippen LogP contribution is 2.40. The summed E-state index contributed by atoms with van der Waals surface area (Å²) in [6.07, 6.45) is 5.94. The summed E-state index contributed by atoms with van der Waals surface area (Å²) in [7, 11) is 3.78. The van der Waals surface area contributed by atoms with Gasteiger partial charge in [-0.05, 0) is 48.9 Å². The highest BCUT2D eigenvalue weighted by molar-refractivity contribution is 6.07. The molecule has 1 aliphatic heterocycles. The summed E-state index contributed by atoms with van der Waals surface area (Å²) in [6, 6.07) is 13.6. The van der Waals surface area contributed by atoms with Crippen molar-refractivity contribution in [3.63, 3.8) is 0 Å². The summed E-state index contributed by atoms with van der Waals surface area (Å²) in [5.74, 6) is 1.08. The number of fused-ring (bicyclic) bond motifs is 2. The van der Waals surface area contributed by atoms with Gasteiger partial charge in [0.1, 0.15) is 0 Å². The lowest BCUT2D eigenvalue weighted by molar-refractivity contribution is -0.134. The van der Waals surface area contributed by atoms with Crippen LogP contribution in [0.3, 0.4) is 0 Å². The summed E-state index contributed by atoms with van der Waals surface area (Å²) in [6.45, 7) is 0.797. The van der Waals surface area contributed by atoms with Crippen molar-refractivity contribution in [2.75, 3.05) is 20.6 Å². The Kier molecular flexibility index (Phi) is 4.93. The summed E-state index contributed by atoms with van der Waals surface area (Å²) < 4.78 is 0. The minimum atomic E-state index is 0.00654. The molecule has 158 valence electrons. The van der Waals surface area contributed by atoms with E-state index in [1.807, 2.05) is 66.4 Å². The molecule has 1 aromatic carbocycles. The number of hydrogen-bond acceptors (Lipinski definition) is 4. The van der Waals surface area contributed by atoms with Crippen molar-refractivity contribution in [2.24, 2.45) is 11.8 Å². The molecular weight excluding hydrogens is 388 g/mol. The van der Waals surface area contributed by atoms with Gasteiger partial charge in [0, 0.05) is 56.4 Å². The van der Waals surface area contributed by atoms with E-state index in [4.69, 9.17) is 4.98 Å². The lowest BCUT2D eigenvalue weighted by Gasteiger charge is -2.31. The molecular formula is C25H26N4O2. The molecule has 31 heavy (non-hydrogen) atoms. The number of rotatable bonds is 3. The monoisotopic (exact) mass is 414 g/mol. The number of piperidine rings is 1. The van der Waals surface area contributed by atoms with Crippen LogP contribution >= 0.6 is 0 Å². The van der Waals surface area contributed by atoms with Crippen molar-refractivity contribution < 1.29 is 9.59 Å². The lowest BCUT2D eigenvalue weighted by atomic mass is 9.88. The van der Waals surface area contributed by atoms with E-state index in [1.165, 1.54) is 0 Å². The average molecular weight is 415 g/mol. The van der Waals surface area contributed by atoms with E-state index < -0.39 is 0 Å². The molecule has 2 amide bonds. The molecule has 5 rings (SSSR count). The number of amides is 2. The van der Waals surface area contributed by atoms with Crippen LogP contribution in [0, 0.1) is 11.8 Å². The third-order valence-corrected chi connectivity index (χ3v) is 6.96. The maximum Gasteiger partial charge on any atom is 0.254 e. The molecule has 0 radical (unpaired) electrons. The Labute approximate surface area is 181 Å². The maximum atomic E-state index is 13.7. The van der Waals surface area contributed by atoms with Crippen LogP contribution in [0.2, 0.25) is 0 Å². The average Bonchev–Trinajstić information content (AvgIpc) is 3.20. The molecule has 0 bridgehead atoms. The smallest absolute Gasteiger partial charge is 0.254 e. The molecule has 1 saturated heterocycles. The summed E-state index contributed by atoms with van der Waals surface area (Å²) in [5.41, 5.74) is 3.09. The zero-order chi connectivity index (χ0) is 21.5. The Bertz CT molecular complexity index is 1150. The zero-order valence-electron chi connectivity index (χ0n) is 17.9. The first-order chi connectivity index (χ1) is 15.0. The summed E-state index contributed by atoms with van der Waals surface area (Å²) in [5, 5.41) is 0.859. The highest BCUT2D eigenvalue weighted by Gasteiger charge is 2.42. The Hall–Kier alpha value is -3.28. The van der Waals surface area contributed by atoms with E-state index in [0.717, 1.165) is 41.5 Å².